The summed E-state index contributed by atoms with van der Waals surface area (Å²) in [7, 11) is 0. The third-order valence-corrected chi connectivity index (χ3v) is 7.15. The van der Waals surface area contributed by atoms with Gasteiger partial charge in [0.05, 0.1) is 18.1 Å². The molecule has 142 valence electrons. The Hall–Kier alpha value is -1.92. The molecule has 1 unspecified atom stereocenters. The van der Waals surface area contributed by atoms with Crippen molar-refractivity contribution in [3.63, 3.8) is 0 Å². The van der Waals surface area contributed by atoms with E-state index in [0.29, 0.717) is 12.3 Å². The van der Waals surface area contributed by atoms with Crippen LogP contribution in [0.4, 0.5) is 0 Å². The number of amidine groups is 1. The monoisotopic (exact) mass is 382 g/mol. The van der Waals surface area contributed by atoms with Crippen LogP contribution in [-0.2, 0) is 5.41 Å². The largest absolute Gasteiger partial charge is 0.395 e. The summed E-state index contributed by atoms with van der Waals surface area (Å²) in [6.07, 6.45) is 6.33. The summed E-state index contributed by atoms with van der Waals surface area (Å²) in [6.45, 7) is 3.98. The molecule has 1 aromatic heterocycles. The van der Waals surface area contributed by atoms with Gasteiger partial charge in [0.2, 0.25) is 0 Å². The van der Waals surface area contributed by atoms with Gasteiger partial charge in [-0.15, -0.1) is 0 Å². The van der Waals surface area contributed by atoms with Crippen molar-refractivity contribution in [2.75, 3.05) is 25.4 Å². The fraction of sp³-hybridized carbons (Fsp3) is 0.476. The maximum Gasteiger partial charge on any atom is 0.116 e. The first-order valence-corrected chi connectivity index (χ1v) is 10.5. The van der Waals surface area contributed by atoms with E-state index in [1.807, 2.05) is 6.07 Å². The van der Waals surface area contributed by atoms with Crippen LogP contribution in [-0.4, -0.2) is 56.0 Å². The van der Waals surface area contributed by atoms with Crippen molar-refractivity contribution in [3.8, 4) is 11.3 Å². The molecule has 4 rings (SSSR count). The third-order valence-electron chi connectivity index (χ3n) is 5.79. The van der Waals surface area contributed by atoms with Gasteiger partial charge in [0, 0.05) is 47.2 Å². The molecule has 0 amide bonds. The van der Waals surface area contributed by atoms with Crippen LogP contribution in [0, 0.1) is 5.41 Å². The van der Waals surface area contributed by atoms with E-state index in [9.17, 15) is 5.11 Å². The number of rotatable bonds is 5. The molecule has 27 heavy (non-hydrogen) atoms. The van der Waals surface area contributed by atoms with Gasteiger partial charge in [-0.2, -0.15) is 11.8 Å². The number of benzene rings is 1. The highest BCUT2D eigenvalue weighted by molar-refractivity contribution is 8.00. The highest BCUT2D eigenvalue weighted by atomic mass is 32.2. The lowest BCUT2D eigenvalue weighted by molar-refractivity contribution is 0.257. The number of nitrogens with zero attached hydrogens (tertiary/aromatic N) is 3. The maximum absolute atomic E-state index is 9.68. The van der Waals surface area contributed by atoms with Crippen molar-refractivity contribution in [2.45, 2.75) is 36.3 Å². The zero-order valence-electron chi connectivity index (χ0n) is 15.7. The zero-order chi connectivity index (χ0) is 18.9. The minimum absolute atomic E-state index is 0.129. The smallest absolute Gasteiger partial charge is 0.116 e. The molecule has 0 spiro atoms. The van der Waals surface area contributed by atoms with Crippen LogP contribution in [0.3, 0.4) is 0 Å². The van der Waals surface area contributed by atoms with Gasteiger partial charge >= 0.3 is 0 Å². The van der Waals surface area contributed by atoms with Crippen molar-refractivity contribution in [1.29, 1.82) is 5.41 Å². The molecular weight excluding hydrogens is 356 g/mol. The predicted octanol–water partition coefficient (Wildman–Crippen LogP) is 3.34. The van der Waals surface area contributed by atoms with E-state index < -0.39 is 0 Å². The van der Waals surface area contributed by atoms with E-state index in [-0.39, 0.29) is 16.8 Å². The SMILES string of the molecule is CC1(CO)CC(=N)N(CC2(c3ccc(-c4ccncn4)cc3)CC2)CCS1. The van der Waals surface area contributed by atoms with Gasteiger partial charge < -0.3 is 10.0 Å². The molecule has 0 bridgehead atoms. The first-order chi connectivity index (χ1) is 13.0. The lowest BCUT2D eigenvalue weighted by atomic mass is 9.93. The van der Waals surface area contributed by atoms with E-state index in [2.05, 4.69) is 46.1 Å². The Balaban J connectivity index is 1.49. The van der Waals surface area contributed by atoms with Crippen molar-refractivity contribution in [1.82, 2.24) is 14.9 Å². The Kier molecular flexibility index (Phi) is 4.95. The fourth-order valence-corrected chi connectivity index (χ4v) is 4.98. The van der Waals surface area contributed by atoms with E-state index in [1.165, 1.54) is 18.4 Å². The van der Waals surface area contributed by atoms with Crippen LogP contribution in [0.5, 0.6) is 0 Å². The first-order valence-electron chi connectivity index (χ1n) is 9.48. The number of aliphatic hydroxyl groups excluding tert-OH is 1. The number of thioether (sulfide) groups is 1. The molecule has 2 N–H and O–H groups in total. The summed E-state index contributed by atoms with van der Waals surface area (Å²) in [5, 5.41) is 18.2. The lowest BCUT2D eigenvalue weighted by Crippen LogP contribution is -2.39. The van der Waals surface area contributed by atoms with Gasteiger partial charge in [-0.3, -0.25) is 5.41 Å². The third kappa shape index (κ3) is 3.87. The molecule has 1 aromatic carbocycles. The highest BCUT2D eigenvalue weighted by Crippen LogP contribution is 2.49. The molecule has 1 saturated heterocycles. The number of nitrogens with one attached hydrogen (secondary N) is 1. The molecule has 1 aliphatic heterocycles. The molecule has 5 nitrogen and oxygen atoms in total. The van der Waals surface area contributed by atoms with Crippen molar-refractivity contribution >= 4 is 17.6 Å². The molecule has 2 aliphatic rings. The van der Waals surface area contributed by atoms with E-state index in [1.54, 1.807) is 24.3 Å². The quantitative estimate of drug-likeness (QED) is 0.830. The standard InChI is InChI=1S/C21H26N4OS/c1-20(14-26)12-19(22)25(10-11-27-20)13-21(7-8-21)17-4-2-16(3-5-17)18-6-9-23-15-24-18/h2-6,9,15,22,26H,7-8,10-14H2,1H3. The van der Waals surface area contributed by atoms with Crippen LogP contribution in [0.1, 0.15) is 31.7 Å². The normalized spacial score (nSPS) is 24.5. The highest BCUT2D eigenvalue weighted by Gasteiger charge is 2.46. The molecule has 6 heteroatoms. The second kappa shape index (κ2) is 7.24. The number of hydrogen-bond donors (Lipinski definition) is 2. The second-order valence-corrected chi connectivity index (χ2v) is 9.64. The number of aliphatic hydroxyl groups is 1. The molecule has 0 radical (unpaired) electrons. The van der Waals surface area contributed by atoms with Gasteiger partial charge in [-0.25, -0.2) is 9.97 Å². The maximum atomic E-state index is 9.68. The summed E-state index contributed by atoms with van der Waals surface area (Å²) in [6, 6.07) is 10.7. The summed E-state index contributed by atoms with van der Waals surface area (Å²) < 4.78 is -0.220. The van der Waals surface area contributed by atoms with E-state index in [0.717, 1.165) is 30.1 Å². The predicted molar refractivity (Wildman–Crippen MR) is 110 cm³/mol. The van der Waals surface area contributed by atoms with Gasteiger partial charge in [-0.1, -0.05) is 24.3 Å². The van der Waals surface area contributed by atoms with E-state index in [4.69, 9.17) is 5.41 Å². The van der Waals surface area contributed by atoms with Crippen LogP contribution >= 0.6 is 11.8 Å². The molecule has 2 heterocycles. The molecule has 2 aromatic rings. The molecule has 1 saturated carbocycles. The Bertz CT molecular complexity index is 807. The Labute approximate surface area is 164 Å². The summed E-state index contributed by atoms with van der Waals surface area (Å²) >= 11 is 1.79. The average molecular weight is 383 g/mol. The average Bonchev–Trinajstić information content (AvgIpc) is 3.50. The number of aromatic nitrogens is 2. The minimum atomic E-state index is -0.220. The molecule has 2 fully saturated rings. The van der Waals surface area contributed by atoms with Crippen LogP contribution in [0.25, 0.3) is 11.3 Å². The lowest BCUT2D eigenvalue weighted by Gasteiger charge is -2.30. The van der Waals surface area contributed by atoms with Crippen LogP contribution in [0.2, 0.25) is 0 Å². The fourth-order valence-electron chi connectivity index (χ4n) is 3.84. The van der Waals surface area contributed by atoms with Gasteiger partial charge in [-0.05, 0) is 31.4 Å². The summed E-state index contributed by atoms with van der Waals surface area (Å²) in [5.41, 5.74) is 3.57. The van der Waals surface area contributed by atoms with Crippen molar-refractivity contribution in [3.05, 3.63) is 48.4 Å². The Morgan fingerprint density at radius 3 is 2.63 bits per heavy atom. The van der Waals surface area contributed by atoms with Crippen molar-refractivity contribution in [2.24, 2.45) is 0 Å². The molecular formula is C21H26N4OS. The van der Waals surface area contributed by atoms with Crippen LogP contribution < -0.4 is 0 Å². The summed E-state index contributed by atoms with van der Waals surface area (Å²) in [5.74, 6) is 1.63. The Morgan fingerprint density at radius 1 is 1.22 bits per heavy atom. The molecule has 1 aliphatic carbocycles. The topological polar surface area (TPSA) is 73.1 Å². The minimum Gasteiger partial charge on any atom is -0.395 e. The number of hydrogen-bond acceptors (Lipinski definition) is 5. The summed E-state index contributed by atoms with van der Waals surface area (Å²) in [4.78, 5) is 10.5. The van der Waals surface area contributed by atoms with Gasteiger partial charge in [0.1, 0.15) is 6.33 Å². The van der Waals surface area contributed by atoms with Gasteiger partial charge in [0.25, 0.3) is 0 Å². The Morgan fingerprint density at radius 2 is 2.00 bits per heavy atom. The van der Waals surface area contributed by atoms with Crippen molar-refractivity contribution < 1.29 is 5.11 Å². The second-order valence-electron chi connectivity index (χ2n) is 7.95. The van der Waals surface area contributed by atoms with Gasteiger partial charge in [0.15, 0.2) is 0 Å². The van der Waals surface area contributed by atoms with E-state index >= 15 is 0 Å². The van der Waals surface area contributed by atoms with Crippen LogP contribution in [0.15, 0.2) is 42.9 Å². The zero-order valence-corrected chi connectivity index (χ0v) is 16.5. The first kappa shape index (κ1) is 18.4. The molecule has 1 atom stereocenters.